The predicted octanol–water partition coefficient (Wildman–Crippen LogP) is 4.53. The molecule has 3 aromatic rings. The Labute approximate surface area is 189 Å². The summed E-state index contributed by atoms with van der Waals surface area (Å²) in [5.41, 5.74) is 1.25. The van der Waals surface area contributed by atoms with Crippen LogP contribution >= 0.6 is 11.8 Å². The number of rotatable bonds is 6. The highest BCUT2D eigenvalue weighted by molar-refractivity contribution is 8.18. The maximum Gasteiger partial charge on any atom is 0.294 e. The molecule has 0 saturated carbocycles. The highest BCUT2D eigenvalue weighted by Gasteiger charge is 2.36. The van der Waals surface area contributed by atoms with Crippen molar-refractivity contribution < 1.29 is 23.9 Å². The minimum absolute atomic E-state index is 0.219. The van der Waals surface area contributed by atoms with Gasteiger partial charge in [-0.1, -0.05) is 36.4 Å². The Balaban J connectivity index is 1.51. The van der Waals surface area contributed by atoms with Crippen LogP contribution in [-0.2, 0) is 9.59 Å². The van der Waals surface area contributed by atoms with Crippen LogP contribution in [0.4, 0.5) is 10.5 Å². The predicted molar refractivity (Wildman–Crippen MR) is 125 cm³/mol. The molecule has 0 aromatic heterocycles. The summed E-state index contributed by atoms with van der Waals surface area (Å²) in [6, 6.07) is 18.4. The smallest absolute Gasteiger partial charge is 0.294 e. The third kappa shape index (κ3) is 4.31. The summed E-state index contributed by atoms with van der Waals surface area (Å²) in [6.45, 7) is -0.370. The number of carbonyl (C=O) groups is 3. The van der Waals surface area contributed by atoms with E-state index in [2.05, 4.69) is 5.32 Å². The van der Waals surface area contributed by atoms with Crippen molar-refractivity contribution in [2.24, 2.45) is 0 Å². The van der Waals surface area contributed by atoms with Crippen molar-refractivity contribution in [3.05, 3.63) is 71.1 Å². The van der Waals surface area contributed by atoms with Gasteiger partial charge in [0, 0.05) is 22.7 Å². The third-order valence-corrected chi connectivity index (χ3v) is 5.87. The third-order valence-electron chi connectivity index (χ3n) is 4.97. The van der Waals surface area contributed by atoms with Crippen molar-refractivity contribution in [1.29, 1.82) is 0 Å². The number of ether oxygens (including phenoxy) is 2. The molecule has 1 N–H and O–H groups in total. The highest BCUT2D eigenvalue weighted by atomic mass is 32.2. The molecule has 1 aliphatic heterocycles. The molecule has 1 saturated heterocycles. The van der Waals surface area contributed by atoms with Crippen molar-refractivity contribution in [3.63, 3.8) is 0 Å². The summed E-state index contributed by atoms with van der Waals surface area (Å²) in [5, 5.41) is 4.16. The quantitative estimate of drug-likeness (QED) is 0.558. The maximum absolute atomic E-state index is 12.8. The van der Waals surface area contributed by atoms with E-state index in [-0.39, 0.29) is 11.4 Å². The van der Waals surface area contributed by atoms with E-state index in [0.29, 0.717) is 22.7 Å². The van der Waals surface area contributed by atoms with Crippen LogP contribution in [0.5, 0.6) is 11.5 Å². The Morgan fingerprint density at radius 1 is 1.03 bits per heavy atom. The van der Waals surface area contributed by atoms with Crippen LogP contribution < -0.4 is 14.8 Å². The summed E-state index contributed by atoms with van der Waals surface area (Å²) in [6.07, 6.45) is 1.58. The highest BCUT2D eigenvalue weighted by Crippen LogP contribution is 2.35. The lowest BCUT2D eigenvalue weighted by molar-refractivity contribution is -0.127. The van der Waals surface area contributed by atoms with Gasteiger partial charge in [-0.3, -0.25) is 19.3 Å². The summed E-state index contributed by atoms with van der Waals surface area (Å²) < 4.78 is 10.5. The number of fused-ring (bicyclic) bond motifs is 1. The van der Waals surface area contributed by atoms with E-state index < -0.39 is 17.1 Å². The minimum atomic E-state index is -0.522. The summed E-state index contributed by atoms with van der Waals surface area (Å²) in [7, 11) is 3.05. The lowest BCUT2D eigenvalue weighted by Crippen LogP contribution is -2.36. The van der Waals surface area contributed by atoms with E-state index in [4.69, 9.17) is 9.47 Å². The Bertz CT molecular complexity index is 1250. The second kappa shape index (κ2) is 9.15. The number of hydrogen-bond donors (Lipinski definition) is 1. The van der Waals surface area contributed by atoms with E-state index in [1.54, 1.807) is 37.5 Å². The Morgan fingerprint density at radius 2 is 1.81 bits per heavy atom. The standard InChI is InChI=1S/C24H20N2O5S/c1-30-17-11-10-16(20(13-17)31-2)12-21-23(28)26(24(29)32-21)14-22(27)25-19-9-5-7-15-6-3-4-8-18(15)19/h3-13H,14H2,1-2H3,(H,25,27)/b21-12+. The number of nitrogens with one attached hydrogen (secondary N) is 1. The molecule has 1 heterocycles. The SMILES string of the molecule is COc1ccc(/C=C2/SC(=O)N(CC(=O)Nc3cccc4ccccc34)C2=O)c(OC)c1. The van der Waals surface area contributed by atoms with Gasteiger partial charge >= 0.3 is 0 Å². The van der Waals surface area contributed by atoms with Gasteiger partial charge in [0.2, 0.25) is 5.91 Å². The van der Waals surface area contributed by atoms with Gasteiger partial charge in [-0.15, -0.1) is 0 Å². The van der Waals surface area contributed by atoms with Crippen molar-refractivity contribution >= 4 is 51.4 Å². The second-order valence-electron chi connectivity index (χ2n) is 6.95. The molecule has 0 radical (unpaired) electrons. The zero-order chi connectivity index (χ0) is 22.7. The van der Waals surface area contributed by atoms with Crippen molar-refractivity contribution in [1.82, 2.24) is 4.90 Å². The number of anilines is 1. The van der Waals surface area contributed by atoms with Gasteiger partial charge in [0.25, 0.3) is 11.1 Å². The molecule has 162 valence electrons. The first-order chi connectivity index (χ1) is 15.5. The maximum atomic E-state index is 12.8. The van der Waals surface area contributed by atoms with Crippen molar-refractivity contribution in [2.45, 2.75) is 0 Å². The van der Waals surface area contributed by atoms with Crippen molar-refractivity contribution in [2.75, 3.05) is 26.1 Å². The number of amides is 3. The molecule has 0 spiro atoms. The number of hydrogen-bond acceptors (Lipinski definition) is 6. The van der Waals surface area contributed by atoms with Crippen LogP contribution in [0.1, 0.15) is 5.56 Å². The van der Waals surface area contributed by atoms with E-state index in [1.807, 2.05) is 36.4 Å². The van der Waals surface area contributed by atoms with Crippen LogP contribution in [0.2, 0.25) is 0 Å². The largest absolute Gasteiger partial charge is 0.497 e. The van der Waals surface area contributed by atoms with Crippen LogP contribution in [0.3, 0.4) is 0 Å². The minimum Gasteiger partial charge on any atom is -0.497 e. The Hall–Kier alpha value is -3.78. The number of thioether (sulfide) groups is 1. The summed E-state index contributed by atoms with van der Waals surface area (Å²) >= 11 is 0.788. The zero-order valence-electron chi connectivity index (χ0n) is 17.5. The molecule has 8 heteroatoms. The molecule has 0 atom stereocenters. The molecule has 3 aromatic carbocycles. The number of benzene rings is 3. The first-order valence-electron chi connectivity index (χ1n) is 9.75. The van der Waals surface area contributed by atoms with E-state index in [0.717, 1.165) is 27.4 Å². The van der Waals surface area contributed by atoms with Crippen molar-refractivity contribution in [3.8, 4) is 11.5 Å². The van der Waals surface area contributed by atoms with E-state index >= 15 is 0 Å². The van der Waals surface area contributed by atoms with Gasteiger partial charge in [-0.05, 0) is 41.4 Å². The molecule has 0 aliphatic carbocycles. The first kappa shape index (κ1) is 21.5. The molecule has 32 heavy (non-hydrogen) atoms. The fourth-order valence-electron chi connectivity index (χ4n) is 3.38. The summed E-state index contributed by atoms with van der Waals surface area (Å²) in [4.78, 5) is 39.0. The molecule has 1 aliphatic rings. The number of methoxy groups -OCH3 is 2. The average molecular weight is 449 g/mol. The van der Waals surface area contributed by atoms with Gasteiger partial charge in [0.15, 0.2) is 0 Å². The van der Waals surface area contributed by atoms with E-state index in [1.165, 1.54) is 7.11 Å². The second-order valence-corrected chi connectivity index (χ2v) is 7.94. The van der Waals surface area contributed by atoms with Crippen LogP contribution in [-0.4, -0.2) is 42.7 Å². The van der Waals surface area contributed by atoms with Crippen LogP contribution in [0.25, 0.3) is 16.8 Å². The molecule has 1 fully saturated rings. The van der Waals surface area contributed by atoms with Gasteiger partial charge in [-0.25, -0.2) is 0 Å². The first-order valence-corrected chi connectivity index (χ1v) is 10.6. The fourth-order valence-corrected chi connectivity index (χ4v) is 4.21. The van der Waals surface area contributed by atoms with Gasteiger partial charge in [-0.2, -0.15) is 0 Å². The zero-order valence-corrected chi connectivity index (χ0v) is 18.3. The monoisotopic (exact) mass is 448 g/mol. The van der Waals surface area contributed by atoms with Gasteiger partial charge < -0.3 is 14.8 Å². The molecular formula is C24H20N2O5S. The van der Waals surface area contributed by atoms with E-state index in [9.17, 15) is 14.4 Å². The number of imide groups is 1. The lowest BCUT2D eigenvalue weighted by Gasteiger charge is -2.13. The topological polar surface area (TPSA) is 84.9 Å². The lowest BCUT2D eigenvalue weighted by atomic mass is 10.1. The molecular weight excluding hydrogens is 428 g/mol. The molecule has 0 bridgehead atoms. The van der Waals surface area contributed by atoms with Gasteiger partial charge in [0.05, 0.1) is 19.1 Å². The van der Waals surface area contributed by atoms with Gasteiger partial charge in [0.1, 0.15) is 18.0 Å². The Morgan fingerprint density at radius 3 is 2.59 bits per heavy atom. The summed E-state index contributed by atoms with van der Waals surface area (Å²) in [5.74, 6) is 0.139. The average Bonchev–Trinajstić information content (AvgIpc) is 3.06. The number of nitrogens with zero attached hydrogens (tertiary/aromatic N) is 1. The Kier molecular flexibility index (Phi) is 6.13. The van der Waals surface area contributed by atoms with Crippen LogP contribution in [0, 0.1) is 0 Å². The molecule has 0 unspecified atom stereocenters. The molecule has 3 amide bonds. The molecule has 7 nitrogen and oxygen atoms in total. The normalized spacial score (nSPS) is 14.8. The number of carbonyl (C=O) groups excluding carboxylic acids is 3. The fraction of sp³-hybridized carbons (Fsp3) is 0.125. The van der Waals surface area contributed by atoms with Crippen LogP contribution in [0.15, 0.2) is 65.6 Å². The molecule has 4 rings (SSSR count).